The first-order chi connectivity index (χ1) is 11.7. The Bertz CT molecular complexity index is 1040. The van der Waals surface area contributed by atoms with Crippen LogP contribution >= 0.6 is 23.4 Å². The molecule has 118 valence electrons. The van der Waals surface area contributed by atoms with E-state index in [4.69, 9.17) is 16.0 Å². The highest BCUT2D eigenvalue weighted by molar-refractivity contribution is 8.00. The highest BCUT2D eigenvalue weighted by Crippen LogP contribution is 2.32. The van der Waals surface area contributed by atoms with Crippen molar-refractivity contribution in [3.63, 3.8) is 0 Å². The second-order valence-corrected chi connectivity index (χ2v) is 6.57. The van der Waals surface area contributed by atoms with Crippen molar-refractivity contribution in [3.05, 3.63) is 65.4 Å². The number of aromatic nitrogens is 2. The molecule has 4 rings (SSSR count). The molecule has 2 aromatic carbocycles. The van der Waals surface area contributed by atoms with Crippen LogP contribution in [0.2, 0.25) is 5.02 Å². The van der Waals surface area contributed by atoms with E-state index < -0.39 is 0 Å². The first kappa shape index (κ1) is 15.2. The Morgan fingerprint density at radius 1 is 1.08 bits per heavy atom. The van der Waals surface area contributed by atoms with E-state index in [0.29, 0.717) is 21.2 Å². The molecule has 0 aliphatic heterocycles. The zero-order valence-corrected chi connectivity index (χ0v) is 14.0. The lowest BCUT2D eigenvalue weighted by Crippen LogP contribution is -2.02. The number of halogens is 1. The van der Waals surface area contributed by atoms with Gasteiger partial charge in [-0.1, -0.05) is 35.5 Å². The van der Waals surface area contributed by atoms with Gasteiger partial charge < -0.3 is 4.42 Å². The third-order valence-corrected chi connectivity index (χ3v) is 4.85. The van der Waals surface area contributed by atoms with E-state index in [1.165, 1.54) is 18.1 Å². The molecule has 2 heterocycles. The second-order valence-electron chi connectivity index (χ2n) is 5.17. The molecule has 0 bridgehead atoms. The number of hydrogen-bond donors (Lipinski definition) is 0. The van der Waals surface area contributed by atoms with Gasteiger partial charge in [0.2, 0.25) is 0 Å². The van der Waals surface area contributed by atoms with Crippen molar-refractivity contribution < 1.29 is 9.21 Å². The molecule has 0 saturated heterocycles. The van der Waals surface area contributed by atoms with Gasteiger partial charge >= 0.3 is 0 Å². The highest BCUT2D eigenvalue weighted by atomic mass is 35.5. The van der Waals surface area contributed by atoms with Crippen molar-refractivity contribution in [2.24, 2.45) is 0 Å². The van der Waals surface area contributed by atoms with Crippen molar-refractivity contribution in [1.29, 1.82) is 0 Å². The van der Waals surface area contributed by atoms with Gasteiger partial charge in [-0.15, -0.1) is 0 Å². The number of thioether (sulfide) groups is 1. The number of benzene rings is 2. The number of hydrogen-bond acceptors (Lipinski definition) is 5. The maximum absolute atomic E-state index is 12.3. The maximum Gasteiger partial charge on any atom is 0.186 e. The Morgan fingerprint density at radius 3 is 2.71 bits per heavy atom. The Hall–Kier alpha value is -2.37. The number of para-hydroxylation sites is 1. The standard InChI is InChI=1S/C18H11ClN2O2S/c19-12-7-5-11(6-8-12)14(22)9-24-18-17-16(20-10-21-18)13-3-1-2-4-15(13)23-17/h1-8,10H,9H2. The number of carbonyl (C=O) groups excluding carboxylic acids is 1. The fourth-order valence-electron chi connectivity index (χ4n) is 2.46. The molecule has 2 aromatic heterocycles. The topological polar surface area (TPSA) is 56.0 Å². The Morgan fingerprint density at radius 2 is 1.88 bits per heavy atom. The molecule has 0 N–H and O–H groups in total. The van der Waals surface area contributed by atoms with Crippen LogP contribution in [0.4, 0.5) is 0 Å². The second kappa shape index (κ2) is 6.26. The first-order valence-electron chi connectivity index (χ1n) is 7.26. The normalized spacial score (nSPS) is 11.2. The molecule has 6 heteroatoms. The summed E-state index contributed by atoms with van der Waals surface area (Å²) in [5.74, 6) is 0.282. The van der Waals surface area contributed by atoms with Crippen LogP contribution in [-0.2, 0) is 0 Å². The lowest BCUT2D eigenvalue weighted by molar-refractivity contribution is 0.102. The fourth-order valence-corrected chi connectivity index (χ4v) is 3.41. The zero-order chi connectivity index (χ0) is 16.5. The quantitative estimate of drug-likeness (QED) is 0.293. The number of ketones is 1. The molecular formula is C18H11ClN2O2S. The average Bonchev–Trinajstić information content (AvgIpc) is 2.99. The SMILES string of the molecule is O=C(CSc1ncnc2c1oc1ccccc12)c1ccc(Cl)cc1. The summed E-state index contributed by atoms with van der Waals surface area (Å²) in [4.78, 5) is 20.9. The molecule has 0 amide bonds. The van der Waals surface area contributed by atoms with Crippen LogP contribution in [0.5, 0.6) is 0 Å². The van der Waals surface area contributed by atoms with Crippen LogP contribution in [-0.4, -0.2) is 21.5 Å². The summed E-state index contributed by atoms with van der Waals surface area (Å²) in [5.41, 5.74) is 2.77. The predicted octanol–water partition coefficient (Wildman–Crippen LogP) is 5.00. The number of fused-ring (bicyclic) bond motifs is 3. The summed E-state index contributed by atoms with van der Waals surface area (Å²) in [6.45, 7) is 0. The number of furan rings is 1. The van der Waals surface area contributed by atoms with E-state index in [-0.39, 0.29) is 11.5 Å². The van der Waals surface area contributed by atoms with Gasteiger partial charge in [0.05, 0.1) is 5.75 Å². The molecule has 0 saturated carbocycles. The summed E-state index contributed by atoms with van der Waals surface area (Å²) >= 11 is 7.19. The molecule has 0 atom stereocenters. The minimum Gasteiger partial charge on any atom is -0.451 e. The van der Waals surface area contributed by atoms with E-state index >= 15 is 0 Å². The molecular weight excluding hydrogens is 344 g/mol. The molecule has 4 aromatic rings. The minimum absolute atomic E-state index is 0.0135. The molecule has 0 aliphatic rings. The van der Waals surface area contributed by atoms with Gasteiger partial charge in [0.15, 0.2) is 11.4 Å². The molecule has 0 radical (unpaired) electrons. The van der Waals surface area contributed by atoms with E-state index in [9.17, 15) is 4.79 Å². The van der Waals surface area contributed by atoms with Crippen molar-refractivity contribution >= 4 is 51.2 Å². The summed E-state index contributed by atoms with van der Waals surface area (Å²) in [6, 6.07) is 14.6. The molecule has 0 aliphatic carbocycles. The summed E-state index contributed by atoms with van der Waals surface area (Å²) in [6.07, 6.45) is 1.50. The van der Waals surface area contributed by atoms with Gasteiger partial charge in [-0.2, -0.15) is 0 Å². The smallest absolute Gasteiger partial charge is 0.186 e. The maximum atomic E-state index is 12.3. The Labute approximate surface area is 146 Å². The van der Waals surface area contributed by atoms with Gasteiger partial charge in [-0.05, 0) is 36.4 Å². The number of rotatable bonds is 4. The predicted molar refractivity (Wildman–Crippen MR) is 95.8 cm³/mol. The number of nitrogens with zero attached hydrogens (tertiary/aromatic N) is 2. The van der Waals surface area contributed by atoms with Crippen molar-refractivity contribution in [3.8, 4) is 0 Å². The van der Waals surface area contributed by atoms with Gasteiger partial charge in [0, 0.05) is 16.0 Å². The Kier molecular flexibility index (Phi) is 3.96. The monoisotopic (exact) mass is 354 g/mol. The van der Waals surface area contributed by atoms with Gasteiger partial charge in [0.1, 0.15) is 22.5 Å². The zero-order valence-electron chi connectivity index (χ0n) is 12.4. The van der Waals surface area contributed by atoms with Crippen molar-refractivity contribution in [1.82, 2.24) is 9.97 Å². The Balaban J connectivity index is 1.62. The third kappa shape index (κ3) is 2.77. The van der Waals surface area contributed by atoms with E-state index in [0.717, 1.165) is 16.5 Å². The van der Waals surface area contributed by atoms with Crippen LogP contribution in [0.1, 0.15) is 10.4 Å². The molecule has 24 heavy (non-hydrogen) atoms. The van der Waals surface area contributed by atoms with E-state index in [1.54, 1.807) is 24.3 Å². The molecule has 4 nitrogen and oxygen atoms in total. The first-order valence-corrected chi connectivity index (χ1v) is 8.62. The lowest BCUT2D eigenvalue weighted by Gasteiger charge is -2.02. The molecule has 0 spiro atoms. The molecule has 0 fully saturated rings. The fraction of sp³-hybridized carbons (Fsp3) is 0.0556. The highest BCUT2D eigenvalue weighted by Gasteiger charge is 2.15. The summed E-state index contributed by atoms with van der Waals surface area (Å²) < 4.78 is 5.86. The molecule has 0 unspecified atom stereocenters. The van der Waals surface area contributed by atoms with Crippen molar-refractivity contribution in [2.45, 2.75) is 5.03 Å². The summed E-state index contributed by atoms with van der Waals surface area (Å²) in [7, 11) is 0. The minimum atomic E-state index is 0.0135. The van der Waals surface area contributed by atoms with E-state index in [2.05, 4.69) is 9.97 Å². The van der Waals surface area contributed by atoms with Crippen molar-refractivity contribution in [2.75, 3.05) is 5.75 Å². The van der Waals surface area contributed by atoms with Crippen LogP contribution in [0, 0.1) is 0 Å². The number of Topliss-reactive ketones (excluding diaryl/α,β-unsaturated/α-hetero) is 1. The van der Waals surface area contributed by atoms with Crippen LogP contribution in [0.25, 0.3) is 22.1 Å². The van der Waals surface area contributed by atoms with Crippen LogP contribution in [0.3, 0.4) is 0 Å². The number of carbonyl (C=O) groups is 1. The lowest BCUT2D eigenvalue weighted by atomic mass is 10.1. The largest absolute Gasteiger partial charge is 0.451 e. The summed E-state index contributed by atoms with van der Waals surface area (Å²) in [5, 5.41) is 2.22. The van der Waals surface area contributed by atoms with Crippen LogP contribution in [0.15, 0.2) is 64.3 Å². The van der Waals surface area contributed by atoms with Gasteiger partial charge in [0.25, 0.3) is 0 Å². The van der Waals surface area contributed by atoms with E-state index in [1.807, 2.05) is 24.3 Å². The van der Waals surface area contributed by atoms with Gasteiger partial charge in [-0.25, -0.2) is 9.97 Å². The average molecular weight is 355 g/mol. The third-order valence-electron chi connectivity index (χ3n) is 3.63. The van der Waals surface area contributed by atoms with Crippen LogP contribution < -0.4 is 0 Å². The van der Waals surface area contributed by atoms with Gasteiger partial charge in [-0.3, -0.25) is 4.79 Å².